The molecule has 2 aromatic carbocycles. The van der Waals surface area contributed by atoms with Gasteiger partial charge in [-0.1, -0.05) is 41.9 Å². The second-order valence-electron chi connectivity index (χ2n) is 7.05. The van der Waals surface area contributed by atoms with E-state index in [1.165, 1.54) is 21.9 Å². The fourth-order valence-electron chi connectivity index (χ4n) is 3.91. The lowest BCUT2D eigenvalue weighted by molar-refractivity contribution is -0.167. The van der Waals surface area contributed by atoms with E-state index in [4.69, 9.17) is 11.6 Å². The van der Waals surface area contributed by atoms with Crippen molar-refractivity contribution in [3.8, 4) is 0 Å². The fourth-order valence-corrected chi connectivity index (χ4v) is 4.07. The summed E-state index contributed by atoms with van der Waals surface area (Å²) in [6.45, 7) is 0.0249. The first-order valence-corrected chi connectivity index (χ1v) is 9.08. The van der Waals surface area contributed by atoms with Gasteiger partial charge in [-0.3, -0.25) is 14.5 Å². The minimum absolute atomic E-state index is 0.0258. The number of aliphatic hydroxyl groups is 1. The smallest absolute Gasteiger partial charge is 0.253 e. The van der Waals surface area contributed by atoms with Crippen LogP contribution in [0.2, 0.25) is 5.02 Å². The van der Waals surface area contributed by atoms with Crippen LogP contribution in [0.3, 0.4) is 0 Å². The van der Waals surface area contributed by atoms with Crippen molar-refractivity contribution in [2.75, 3.05) is 11.4 Å². The first-order valence-electron chi connectivity index (χ1n) is 8.70. The SMILES string of the molecule is O=C1CN(c2ccc(Cl)cc2F)C(=O)[C@]2(C[C@@H](O)C2)N1Cc1ccccc1. The maximum atomic E-state index is 14.4. The van der Waals surface area contributed by atoms with Gasteiger partial charge in [0, 0.05) is 24.4 Å². The van der Waals surface area contributed by atoms with Crippen LogP contribution in [0, 0.1) is 5.82 Å². The predicted octanol–water partition coefficient (Wildman–Crippen LogP) is 2.75. The highest BCUT2D eigenvalue weighted by Crippen LogP contribution is 2.44. The zero-order valence-corrected chi connectivity index (χ0v) is 15.2. The molecule has 1 N–H and O–H groups in total. The average Bonchev–Trinajstić information content (AvgIpc) is 2.61. The molecule has 1 heterocycles. The molecule has 1 aliphatic heterocycles. The number of rotatable bonds is 3. The molecule has 4 rings (SSSR count). The monoisotopic (exact) mass is 388 g/mol. The number of nitrogens with zero attached hydrogens (tertiary/aromatic N) is 2. The van der Waals surface area contributed by atoms with Crippen molar-refractivity contribution in [1.82, 2.24) is 4.90 Å². The van der Waals surface area contributed by atoms with Gasteiger partial charge in [-0.15, -0.1) is 0 Å². The number of carbonyl (C=O) groups is 2. The van der Waals surface area contributed by atoms with Gasteiger partial charge in [-0.05, 0) is 23.8 Å². The highest BCUT2D eigenvalue weighted by atomic mass is 35.5. The van der Waals surface area contributed by atoms with Gasteiger partial charge >= 0.3 is 0 Å². The van der Waals surface area contributed by atoms with Crippen LogP contribution in [0.4, 0.5) is 10.1 Å². The Morgan fingerprint density at radius 2 is 1.85 bits per heavy atom. The summed E-state index contributed by atoms with van der Waals surface area (Å²) in [6.07, 6.45) is -0.360. The van der Waals surface area contributed by atoms with Crippen molar-refractivity contribution < 1.29 is 19.1 Å². The van der Waals surface area contributed by atoms with Crippen LogP contribution in [0.15, 0.2) is 48.5 Å². The molecule has 1 saturated heterocycles. The first-order chi connectivity index (χ1) is 12.9. The summed E-state index contributed by atoms with van der Waals surface area (Å²) in [4.78, 5) is 28.9. The van der Waals surface area contributed by atoms with Crippen LogP contribution < -0.4 is 4.90 Å². The highest BCUT2D eigenvalue weighted by molar-refractivity contribution is 6.30. The van der Waals surface area contributed by atoms with Crippen LogP contribution in [0.5, 0.6) is 0 Å². The average molecular weight is 389 g/mol. The maximum Gasteiger partial charge on any atom is 0.253 e. The molecular formula is C20H18ClFN2O3. The van der Waals surface area contributed by atoms with Crippen LogP contribution in [-0.2, 0) is 16.1 Å². The Morgan fingerprint density at radius 1 is 1.15 bits per heavy atom. The minimum Gasteiger partial charge on any atom is -0.393 e. The van der Waals surface area contributed by atoms with E-state index in [0.29, 0.717) is 0 Å². The number of carbonyl (C=O) groups excluding carboxylic acids is 2. The summed E-state index contributed by atoms with van der Waals surface area (Å²) in [7, 11) is 0. The van der Waals surface area contributed by atoms with Crippen molar-refractivity contribution in [3.63, 3.8) is 0 Å². The van der Waals surface area contributed by atoms with E-state index in [-0.39, 0.29) is 48.5 Å². The molecule has 140 valence electrons. The van der Waals surface area contributed by atoms with Crippen LogP contribution in [0.25, 0.3) is 0 Å². The molecule has 0 unspecified atom stereocenters. The van der Waals surface area contributed by atoms with Gasteiger partial charge in [0.25, 0.3) is 5.91 Å². The van der Waals surface area contributed by atoms with E-state index >= 15 is 0 Å². The van der Waals surface area contributed by atoms with Crippen molar-refractivity contribution in [3.05, 3.63) is 64.9 Å². The number of piperazine rings is 1. The van der Waals surface area contributed by atoms with Crippen LogP contribution in [-0.4, -0.2) is 40.0 Å². The number of benzene rings is 2. The van der Waals surface area contributed by atoms with Gasteiger partial charge in [-0.2, -0.15) is 0 Å². The fraction of sp³-hybridized carbons (Fsp3) is 0.300. The number of aliphatic hydroxyl groups excluding tert-OH is 1. The van der Waals surface area contributed by atoms with E-state index in [2.05, 4.69) is 0 Å². The predicted molar refractivity (Wildman–Crippen MR) is 98.7 cm³/mol. The Bertz CT molecular complexity index is 899. The first kappa shape index (κ1) is 17.9. The molecule has 0 radical (unpaired) electrons. The van der Waals surface area contributed by atoms with E-state index in [9.17, 15) is 19.1 Å². The molecular weight excluding hydrogens is 371 g/mol. The Morgan fingerprint density at radius 3 is 2.48 bits per heavy atom. The molecule has 27 heavy (non-hydrogen) atoms. The zero-order chi connectivity index (χ0) is 19.2. The molecule has 0 bridgehead atoms. The number of amides is 2. The molecule has 1 spiro atoms. The Hall–Kier alpha value is -2.44. The van der Waals surface area contributed by atoms with Gasteiger partial charge in [0.05, 0.1) is 11.8 Å². The molecule has 1 saturated carbocycles. The molecule has 0 atom stereocenters. The van der Waals surface area contributed by atoms with Crippen molar-refractivity contribution in [1.29, 1.82) is 0 Å². The number of hydrogen-bond donors (Lipinski definition) is 1. The summed E-state index contributed by atoms with van der Waals surface area (Å²) < 4.78 is 14.4. The standard InChI is InChI=1S/C20H18ClFN2O3/c21-14-6-7-17(16(22)8-14)23-12-18(26)24(11-13-4-2-1-3-5-13)20(19(23)27)9-15(25)10-20/h1-8,15,25H,9-12H2/t15-,20-. The second kappa shape index (κ2) is 6.62. The van der Waals surface area contributed by atoms with Crippen LogP contribution in [0.1, 0.15) is 18.4 Å². The summed E-state index contributed by atoms with van der Waals surface area (Å²) in [5, 5.41) is 10.1. The van der Waals surface area contributed by atoms with E-state index in [1.54, 1.807) is 0 Å². The Kier molecular flexibility index (Phi) is 4.40. The van der Waals surface area contributed by atoms with Gasteiger partial charge < -0.3 is 10.0 Å². The zero-order valence-electron chi connectivity index (χ0n) is 14.4. The summed E-state index contributed by atoms with van der Waals surface area (Å²) in [5.41, 5.74) is -0.222. The van der Waals surface area contributed by atoms with E-state index in [0.717, 1.165) is 11.6 Å². The third-order valence-electron chi connectivity index (χ3n) is 5.29. The molecule has 2 amide bonds. The minimum atomic E-state index is -1.14. The third-order valence-corrected chi connectivity index (χ3v) is 5.52. The normalized spacial score (nSPS) is 25.1. The molecule has 2 aliphatic rings. The van der Waals surface area contributed by atoms with Crippen molar-refractivity contribution >= 4 is 29.1 Å². The Balaban J connectivity index is 1.69. The van der Waals surface area contributed by atoms with E-state index < -0.39 is 17.5 Å². The summed E-state index contributed by atoms with van der Waals surface area (Å²) in [6, 6.07) is 13.4. The lowest BCUT2D eigenvalue weighted by Crippen LogP contribution is -2.73. The van der Waals surface area contributed by atoms with Gasteiger partial charge in [0.2, 0.25) is 5.91 Å². The Labute approximate surface area is 161 Å². The maximum absolute atomic E-state index is 14.4. The lowest BCUT2D eigenvalue weighted by atomic mass is 9.70. The summed E-state index contributed by atoms with van der Waals surface area (Å²) >= 11 is 5.80. The molecule has 7 heteroatoms. The lowest BCUT2D eigenvalue weighted by Gasteiger charge is -2.55. The third kappa shape index (κ3) is 2.99. The number of halogens is 2. The van der Waals surface area contributed by atoms with Crippen molar-refractivity contribution in [2.45, 2.75) is 31.0 Å². The van der Waals surface area contributed by atoms with Crippen LogP contribution >= 0.6 is 11.6 Å². The van der Waals surface area contributed by atoms with E-state index in [1.807, 2.05) is 30.3 Å². The molecule has 5 nitrogen and oxygen atoms in total. The topological polar surface area (TPSA) is 60.9 Å². The molecule has 0 aromatic heterocycles. The van der Waals surface area contributed by atoms with Gasteiger partial charge in [-0.25, -0.2) is 4.39 Å². The molecule has 2 fully saturated rings. The second-order valence-corrected chi connectivity index (χ2v) is 7.48. The number of anilines is 1. The molecule has 2 aromatic rings. The van der Waals surface area contributed by atoms with Gasteiger partial charge in [0.15, 0.2) is 0 Å². The van der Waals surface area contributed by atoms with Gasteiger partial charge in [0.1, 0.15) is 17.9 Å². The molecule has 1 aliphatic carbocycles. The number of hydrogen-bond acceptors (Lipinski definition) is 3. The van der Waals surface area contributed by atoms with Crippen molar-refractivity contribution in [2.24, 2.45) is 0 Å². The highest BCUT2D eigenvalue weighted by Gasteiger charge is 2.60. The quantitative estimate of drug-likeness (QED) is 0.879. The largest absolute Gasteiger partial charge is 0.393 e. The summed E-state index contributed by atoms with van der Waals surface area (Å²) in [5.74, 6) is -1.31.